The lowest BCUT2D eigenvalue weighted by atomic mass is 9.94. The molecule has 0 spiro atoms. The lowest BCUT2D eigenvalue weighted by Gasteiger charge is -2.32. The molecule has 1 heterocycles. The van der Waals surface area contributed by atoms with Gasteiger partial charge in [-0.1, -0.05) is 0 Å². The van der Waals surface area contributed by atoms with E-state index in [0.717, 1.165) is 32.2 Å². The number of carbonyl (C=O) groups is 1. The number of nitrogens with zero attached hydrogens (tertiary/aromatic N) is 1. The van der Waals surface area contributed by atoms with Crippen LogP contribution in [0, 0.1) is 5.92 Å². The van der Waals surface area contributed by atoms with Crippen molar-refractivity contribution in [2.24, 2.45) is 5.92 Å². The van der Waals surface area contributed by atoms with Crippen molar-refractivity contribution in [3.63, 3.8) is 0 Å². The molecule has 1 rings (SSSR count). The first-order valence-corrected chi connectivity index (χ1v) is 4.59. The fraction of sp³-hybridized carbons (Fsp3) is 0.889. The zero-order chi connectivity index (χ0) is 8.97. The average molecular weight is 171 g/mol. The highest BCUT2D eigenvalue weighted by atomic mass is 16.3. The van der Waals surface area contributed by atoms with Crippen LogP contribution in [0.25, 0.3) is 0 Å². The molecule has 1 N–H and O–H groups in total. The summed E-state index contributed by atoms with van der Waals surface area (Å²) in [4.78, 5) is 12.3. The van der Waals surface area contributed by atoms with Crippen LogP contribution in [0.2, 0.25) is 0 Å². The standard InChI is InChI=1S/C9H17NO2/c1-8(12)10-5-2-9(3-6-10)4-7-11/h7-9,12H,2-6H2,1H3. The number of piperidine rings is 1. The second-order valence-electron chi connectivity index (χ2n) is 3.51. The second kappa shape index (κ2) is 4.58. The van der Waals surface area contributed by atoms with Crippen molar-refractivity contribution in [2.75, 3.05) is 13.1 Å². The fourth-order valence-corrected chi connectivity index (χ4v) is 1.70. The van der Waals surface area contributed by atoms with Gasteiger partial charge in [0.1, 0.15) is 12.5 Å². The third-order valence-corrected chi connectivity index (χ3v) is 2.61. The molecule has 0 bridgehead atoms. The van der Waals surface area contributed by atoms with Gasteiger partial charge in [-0.2, -0.15) is 0 Å². The zero-order valence-electron chi connectivity index (χ0n) is 7.57. The summed E-state index contributed by atoms with van der Waals surface area (Å²) in [5, 5.41) is 9.25. The second-order valence-corrected chi connectivity index (χ2v) is 3.51. The van der Waals surface area contributed by atoms with Gasteiger partial charge in [-0.3, -0.25) is 4.90 Å². The molecule has 1 atom stereocenters. The van der Waals surface area contributed by atoms with Gasteiger partial charge in [0.25, 0.3) is 0 Å². The van der Waals surface area contributed by atoms with Gasteiger partial charge in [0.15, 0.2) is 0 Å². The number of likely N-dealkylation sites (tertiary alicyclic amines) is 1. The number of carbonyl (C=O) groups excluding carboxylic acids is 1. The molecule has 1 unspecified atom stereocenters. The highest BCUT2D eigenvalue weighted by Crippen LogP contribution is 2.19. The number of hydrogen-bond acceptors (Lipinski definition) is 3. The summed E-state index contributed by atoms with van der Waals surface area (Å²) in [5.74, 6) is 0.553. The van der Waals surface area contributed by atoms with Crippen molar-refractivity contribution in [2.45, 2.75) is 32.4 Å². The SMILES string of the molecule is CC(O)N1CCC(CC=O)CC1. The van der Waals surface area contributed by atoms with E-state index in [4.69, 9.17) is 0 Å². The molecular weight excluding hydrogens is 154 g/mol. The third kappa shape index (κ3) is 2.57. The molecule has 70 valence electrons. The van der Waals surface area contributed by atoms with Crippen LogP contribution in [0.3, 0.4) is 0 Å². The fourth-order valence-electron chi connectivity index (χ4n) is 1.70. The average Bonchev–Trinajstić information content (AvgIpc) is 2.06. The molecule has 3 nitrogen and oxygen atoms in total. The van der Waals surface area contributed by atoms with E-state index >= 15 is 0 Å². The molecule has 0 aliphatic carbocycles. The highest BCUT2D eigenvalue weighted by molar-refractivity contribution is 5.49. The molecule has 0 aromatic rings. The van der Waals surface area contributed by atoms with Crippen LogP contribution in [-0.2, 0) is 4.79 Å². The monoisotopic (exact) mass is 171 g/mol. The minimum Gasteiger partial charge on any atom is -0.379 e. The van der Waals surface area contributed by atoms with Crippen LogP contribution in [0.1, 0.15) is 26.2 Å². The van der Waals surface area contributed by atoms with Gasteiger partial charge in [0.05, 0.1) is 0 Å². The smallest absolute Gasteiger partial charge is 0.120 e. The maximum absolute atomic E-state index is 10.2. The summed E-state index contributed by atoms with van der Waals surface area (Å²) in [6.07, 6.45) is 3.45. The first-order valence-electron chi connectivity index (χ1n) is 4.59. The number of hydrogen-bond donors (Lipinski definition) is 1. The van der Waals surface area contributed by atoms with E-state index in [2.05, 4.69) is 0 Å². The molecule has 1 fully saturated rings. The Hall–Kier alpha value is -0.410. The Morgan fingerprint density at radius 3 is 2.58 bits per heavy atom. The molecule has 12 heavy (non-hydrogen) atoms. The Labute approximate surface area is 73.4 Å². The number of aliphatic hydroxyl groups is 1. The number of aldehydes is 1. The van der Waals surface area contributed by atoms with Crippen LogP contribution < -0.4 is 0 Å². The van der Waals surface area contributed by atoms with Crippen molar-refractivity contribution in [1.29, 1.82) is 0 Å². The minimum absolute atomic E-state index is 0.331. The topological polar surface area (TPSA) is 40.5 Å². The van der Waals surface area contributed by atoms with E-state index in [0.29, 0.717) is 12.3 Å². The lowest BCUT2D eigenvalue weighted by molar-refractivity contribution is -0.109. The van der Waals surface area contributed by atoms with E-state index in [-0.39, 0.29) is 6.23 Å². The molecule has 0 saturated carbocycles. The van der Waals surface area contributed by atoms with Crippen molar-refractivity contribution >= 4 is 6.29 Å². The predicted octanol–water partition coefficient (Wildman–Crippen LogP) is 0.626. The van der Waals surface area contributed by atoms with Gasteiger partial charge in [-0.15, -0.1) is 0 Å². The number of rotatable bonds is 3. The van der Waals surface area contributed by atoms with Gasteiger partial charge >= 0.3 is 0 Å². The largest absolute Gasteiger partial charge is 0.379 e. The molecule has 0 aromatic heterocycles. The molecule has 0 aromatic carbocycles. The zero-order valence-corrected chi connectivity index (χ0v) is 7.57. The predicted molar refractivity (Wildman–Crippen MR) is 46.7 cm³/mol. The van der Waals surface area contributed by atoms with Gasteiger partial charge in [-0.25, -0.2) is 0 Å². The highest BCUT2D eigenvalue weighted by Gasteiger charge is 2.20. The van der Waals surface area contributed by atoms with E-state index in [1.165, 1.54) is 0 Å². The molecule has 1 saturated heterocycles. The van der Waals surface area contributed by atoms with Crippen LogP contribution in [-0.4, -0.2) is 35.6 Å². The number of aliphatic hydroxyl groups excluding tert-OH is 1. The molecule has 1 aliphatic heterocycles. The van der Waals surface area contributed by atoms with E-state index in [9.17, 15) is 9.90 Å². The normalized spacial score (nSPS) is 23.8. The Balaban J connectivity index is 2.24. The van der Waals surface area contributed by atoms with E-state index < -0.39 is 0 Å². The van der Waals surface area contributed by atoms with Crippen LogP contribution in [0.15, 0.2) is 0 Å². The first kappa shape index (κ1) is 9.68. The van der Waals surface area contributed by atoms with Gasteiger partial charge in [-0.05, 0) is 25.7 Å². The summed E-state index contributed by atoms with van der Waals surface area (Å²) in [6, 6.07) is 0. The molecular formula is C9H17NO2. The van der Waals surface area contributed by atoms with Gasteiger partial charge < -0.3 is 9.90 Å². The summed E-state index contributed by atoms with van der Waals surface area (Å²) in [7, 11) is 0. The quantitative estimate of drug-likeness (QED) is 0.633. The van der Waals surface area contributed by atoms with Gasteiger partial charge in [0.2, 0.25) is 0 Å². The maximum atomic E-state index is 10.2. The van der Waals surface area contributed by atoms with Crippen LogP contribution in [0.5, 0.6) is 0 Å². The summed E-state index contributed by atoms with van der Waals surface area (Å²) in [6.45, 7) is 3.65. The third-order valence-electron chi connectivity index (χ3n) is 2.61. The van der Waals surface area contributed by atoms with Crippen molar-refractivity contribution in [3.05, 3.63) is 0 Å². The van der Waals surface area contributed by atoms with Crippen LogP contribution >= 0.6 is 0 Å². The minimum atomic E-state index is -0.331. The van der Waals surface area contributed by atoms with Crippen molar-refractivity contribution < 1.29 is 9.90 Å². The summed E-state index contributed by atoms with van der Waals surface area (Å²) >= 11 is 0. The first-order chi connectivity index (χ1) is 5.74. The summed E-state index contributed by atoms with van der Waals surface area (Å²) in [5.41, 5.74) is 0. The molecule has 1 aliphatic rings. The molecule has 0 amide bonds. The van der Waals surface area contributed by atoms with E-state index in [1.807, 2.05) is 4.90 Å². The van der Waals surface area contributed by atoms with Crippen molar-refractivity contribution in [1.82, 2.24) is 4.90 Å². The maximum Gasteiger partial charge on any atom is 0.120 e. The molecule has 0 radical (unpaired) electrons. The Morgan fingerprint density at radius 1 is 1.58 bits per heavy atom. The molecule has 3 heteroatoms. The van der Waals surface area contributed by atoms with Crippen LogP contribution in [0.4, 0.5) is 0 Å². The lowest BCUT2D eigenvalue weighted by Crippen LogP contribution is -2.39. The van der Waals surface area contributed by atoms with Crippen molar-refractivity contribution in [3.8, 4) is 0 Å². The van der Waals surface area contributed by atoms with Gasteiger partial charge in [0, 0.05) is 19.5 Å². The summed E-state index contributed by atoms with van der Waals surface area (Å²) < 4.78 is 0. The Morgan fingerprint density at radius 2 is 2.17 bits per heavy atom. The Kier molecular flexibility index (Phi) is 3.69. The van der Waals surface area contributed by atoms with E-state index in [1.54, 1.807) is 6.92 Å². The Bertz CT molecular complexity index is 139.